The number of benzene rings is 6. The molecule has 2 unspecified atom stereocenters. The maximum absolute atomic E-state index is 14.2. The minimum atomic E-state index is -6.13. The Morgan fingerprint density at radius 1 is 0.413 bits per heavy atom. The van der Waals surface area contributed by atoms with Crippen LogP contribution in [0.15, 0.2) is 163 Å². The molecule has 8 rings (SSSR count). The summed E-state index contributed by atoms with van der Waals surface area (Å²) in [4.78, 5) is 8.51. The van der Waals surface area contributed by atoms with E-state index in [0.29, 0.717) is 15.4 Å². The minimum absolute atomic E-state index is 0. The number of alkyl halides is 27. The monoisotopic (exact) mass is 1460 g/mol. The molecule has 0 radical (unpaired) electrons. The van der Waals surface area contributed by atoms with Gasteiger partial charge in [0.1, 0.15) is 17.9 Å². The molecule has 1 aliphatic heterocycles. The van der Waals surface area contributed by atoms with Gasteiger partial charge in [0.2, 0.25) is 0 Å². The molecule has 0 saturated heterocycles. The topological polar surface area (TPSA) is 86.4 Å². The number of rotatable bonds is 8. The molecule has 1 aliphatic rings. The summed E-state index contributed by atoms with van der Waals surface area (Å²) in [6.07, 6.45) is -53.4. The molecule has 36 heteroatoms. The Balaban J connectivity index is 0.000000431. The Labute approximate surface area is 515 Å². The van der Waals surface area contributed by atoms with Crippen molar-refractivity contribution in [3.8, 4) is 6.07 Å². The predicted molar refractivity (Wildman–Crippen MR) is 274 cm³/mol. The van der Waals surface area contributed by atoms with Crippen molar-refractivity contribution in [3.63, 3.8) is 0 Å². The molecule has 0 N–H and O–H groups in total. The van der Waals surface area contributed by atoms with Crippen molar-refractivity contribution in [1.82, 2.24) is 9.29 Å². The second-order valence-corrected chi connectivity index (χ2v) is 20.9. The van der Waals surface area contributed by atoms with E-state index < -0.39 is 222 Å². The van der Waals surface area contributed by atoms with E-state index in [1.54, 1.807) is 78.9 Å². The van der Waals surface area contributed by atoms with Crippen molar-refractivity contribution in [2.75, 3.05) is 0 Å². The smallest absolute Gasteiger partial charge is 0.358 e. The van der Waals surface area contributed by atoms with Crippen molar-refractivity contribution in [1.29, 1.82) is 5.26 Å². The van der Waals surface area contributed by atoms with Crippen LogP contribution in [0.1, 0.15) is 80.3 Å². The summed E-state index contributed by atoms with van der Waals surface area (Å²) >= 11 is 0. The minimum Gasteiger partial charge on any atom is -0.358 e. The van der Waals surface area contributed by atoms with Crippen LogP contribution in [0.3, 0.4) is 0 Å². The van der Waals surface area contributed by atoms with Gasteiger partial charge >= 0.3 is 85.4 Å². The van der Waals surface area contributed by atoms with Crippen LogP contribution in [0, 0.1) is 18.8 Å². The summed E-state index contributed by atoms with van der Waals surface area (Å²) in [6, 6.07) is 12.3. The molecular formula is C56H34BF27N4O2PdS. The molecule has 6 aromatic carbocycles. The molecule has 0 bridgehead atoms. The number of hydrogen-bond donors (Lipinski definition) is 0. The first-order valence-electron chi connectivity index (χ1n) is 24.3. The maximum atomic E-state index is 14.2. The molecule has 2 heterocycles. The number of pyridine rings is 1. The third kappa shape index (κ3) is 16.9. The van der Waals surface area contributed by atoms with E-state index in [-0.39, 0.29) is 39.4 Å². The summed E-state index contributed by atoms with van der Waals surface area (Å²) in [6.45, 7) is 1.43. The van der Waals surface area contributed by atoms with E-state index in [0.717, 1.165) is 0 Å². The summed E-state index contributed by atoms with van der Waals surface area (Å²) in [7, 11) is -5.75. The number of halogens is 27. The van der Waals surface area contributed by atoms with Gasteiger partial charge in [0.25, 0.3) is 0 Å². The van der Waals surface area contributed by atoms with Gasteiger partial charge in [-0.2, -0.15) is 154 Å². The molecule has 0 fully saturated rings. The van der Waals surface area contributed by atoms with Gasteiger partial charge < -0.3 is 7.43 Å². The molecule has 2 atom stereocenters. The predicted octanol–water partition coefficient (Wildman–Crippen LogP) is 16.7. The fourth-order valence-corrected chi connectivity index (χ4v) is 10.6. The Morgan fingerprint density at radius 3 is 0.891 bits per heavy atom. The first-order chi connectivity index (χ1) is 41.0. The fourth-order valence-electron chi connectivity index (χ4n) is 9.51. The van der Waals surface area contributed by atoms with E-state index in [2.05, 4.69) is 9.98 Å². The normalized spacial score (nSPS) is 15.3. The number of aliphatic imine (C=N–C) groups is 1. The molecule has 92 heavy (non-hydrogen) atoms. The summed E-state index contributed by atoms with van der Waals surface area (Å²) in [5, 5.41) is 7.32. The zero-order valence-electron chi connectivity index (χ0n) is 45.3. The van der Waals surface area contributed by atoms with Crippen LogP contribution in [0.2, 0.25) is 0 Å². The van der Waals surface area contributed by atoms with Crippen LogP contribution in [-0.2, 0) is 79.9 Å². The Hall–Kier alpha value is -7.78. The van der Waals surface area contributed by atoms with E-state index in [4.69, 9.17) is 5.26 Å². The molecular weight excluding hydrogens is 1420 g/mol. The van der Waals surface area contributed by atoms with E-state index in [1.807, 2.05) is 0 Å². The van der Waals surface area contributed by atoms with Crippen LogP contribution in [0.4, 0.5) is 119 Å². The zero-order chi connectivity index (χ0) is 68.0. The Kier molecular flexibility index (Phi) is 22.5. The van der Waals surface area contributed by atoms with Gasteiger partial charge in [-0.25, -0.2) is 4.31 Å². The maximum Gasteiger partial charge on any atom is 2.00 e. The van der Waals surface area contributed by atoms with Crippen molar-refractivity contribution in [2.45, 2.75) is 73.9 Å². The number of aromatic nitrogens is 1. The number of hydrogen-bond acceptors (Lipinski definition) is 5. The van der Waals surface area contributed by atoms with Crippen LogP contribution in [-0.4, -0.2) is 35.2 Å². The van der Waals surface area contributed by atoms with Gasteiger partial charge in [0.05, 0.1) is 56.6 Å². The van der Waals surface area contributed by atoms with Gasteiger partial charge in [-0.15, -0.1) is 0 Å². The van der Waals surface area contributed by atoms with Gasteiger partial charge in [-0.05, 0) is 47.5 Å². The molecule has 1 aromatic heterocycles. The molecule has 498 valence electrons. The number of nitrogens with zero attached hydrogens (tertiary/aromatic N) is 4. The van der Waals surface area contributed by atoms with Crippen molar-refractivity contribution in [3.05, 3.63) is 227 Å². The van der Waals surface area contributed by atoms with Gasteiger partial charge in [0, 0.05) is 13.1 Å². The standard InChI is InChI=1S/C32H12BF24.C21H16F3N3O2S.C2H3N.CH3.Pd/c34-25(35,36)13-1-14(26(37,38)39)6-21(5-13)33(22-7-15(27(40,41)42)2-16(8-22)28(43,44)45,23-9-17(29(46,47)48)3-18(10-23)30(49,50)51)24-11-19(31(52,53)54)4-20(12-24)32(55,56)57;22-21(23,24)30(28,29)27-19(16-11-5-2-6-12-16)18(15-9-3-1-4-10-15)26-20(27)17-13-7-8-14-25-17;1-2-3;;/h1-12H;1-14,18-19H;1H3;1H3;/q-1;;;-1;+2. The molecule has 0 saturated carbocycles. The Bertz CT molecular complexity index is 3460. The Morgan fingerprint density at radius 2 is 0.663 bits per heavy atom. The van der Waals surface area contributed by atoms with Gasteiger partial charge in [0.15, 0.2) is 5.84 Å². The molecule has 6 nitrogen and oxygen atoms in total. The quantitative estimate of drug-likeness (QED) is 0.0862. The summed E-state index contributed by atoms with van der Waals surface area (Å²) in [5.74, 6) is -0.337. The number of amidine groups is 1. The second-order valence-electron chi connectivity index (χ2n) is 19.1. The zero-order valence-corrected chi connectivity index (χ0v) is 47.6. The fraction of sp³-hybridized carbons (Fsp3) is 0.214. The second kappa shape index (κ2) is 27.0. The number of nitriles is 1. The van der Waals surface area contributed by atoms with Gasteiger partial charge in [-0.1, -0.05) is 115 Å². The van der Waals surface area contributed by atoms with E-state index in [1.165, 1.54) is 19.2 Å². The van der Waals surface area contributed by atoms with Crippen molar-refractivity contribution < 1.29 is 147 Å². The van der Waals surface area contributed by atoms with E-state index in [9.17, 15) is 127 Å². The van der Waals surface area contributed by atoms with Crippen molar-refractivity contribution in [2.24, 2.45) is 4.99 Å². The average molecular weight is 1460 g/mol. The van der Waals surface area contributed by atoms with Crippen LogP contribution in [0.25, 0.3) is 0 Å². The summed E-state index contributed by atoms with van der Waals surface area (Å²) in [5.41, 5.74) is -34.7. The van der Waals surface area contributed by atoms with E-state index >= 15 is 0 Å². The average Bonchev–Trinajstić information content (AvgIpc) is 0.800. The van der Waals surface area contributed by atoms with Crippen LogP contribution in [0.5, 0.6) is 0 Å². The summed E-state index contributed by atoms with van der Waals surface area (Å²) < 4.78 is 408. The number of sulfonamides is 1. The SMILES string of the molecule is CC#N.FC(F)(F)c1cc([B-](c2cc(C(F)(F)F)cc(C(F)(F)F)c2)(c2cc(C(F)(F)F)cc(C(F)(F)F)c2)c2cc(C(F)(F)F)cc(C(F)(F)F)c2)cc(C(F)(F)F)c1.O=S(=O)(N1C(c2ccccn2)=NC(c2ccccc2)C1c1ccccc1)C(F)(F)F.[CH3-].[Pd+2]. The van der Waals surface area contributed by atoms with Crippen LogP contribution >= 0.6 is 0 Å². The first-order valence-corrected chi connectivity index (χ1v) is 25.8. The largest absolute Gasteiger partial charge is 2.00 e. The van der Waals surface area contributed by atoms with Gasteiger partial charge in [-0.3, -0.25) is 9.98 Å². The first kappa shape index (κ1) is 76.7. The third-order valence-electron chi connectivity index (χ3n) is 13.2. The van der Waals surface area contributed by atoms with Crippen LogP contribution < -0.4 is 21.9 Å². The van der Waals surface area contributed by atoms with Crippen molar-refractivity contribution >= 4 is 43.9 Å². The molecule has 0 spiro atoms. The molecule has 7 aromatic rings. The third-order valence-corrected chi connectivity index (χ3v) is 14.7. The molecule has 0 aliphatic carbocycles. The molecule has 0 amide bonds.